The summed E-state index contributed by atoms with van der Waals surface area (Å²) in [4.78, 5) is 23.3. The SMILES string of the molecule is Cc1nc(C2CCNCC2)cc(N2C(=O)OC[C@@H]2Cc2ccccc2)n1. The molecule has 1 N–H and O–H groups in total. The molecule has 2 aliphatic rings. The number of benzene rings is 1. The molecule has 136 valence electrons. The second kappa shape index (κ2) is 7.41. The molecule has 1 aromatic heterocycles. The quantitative estimate of drug-likeness (QED) is 0.916. The highest BCUT2D eigenvalue weighted by atomic mass is 16.6. The molecule has 2 aliphatic heterocycles. The lowest BCUT2D eigenvalue weighted by Gasteiger charge is -2.25. The fourth-order valence-corrected chi connectivity index (χ4v) is 3.80. The van der Waals surface area contributed by atoms with Gasteiger partial charge in [-0.25, -0.2) is 14.8 Å². The average Bonchev–Trinajstić information content (AvgIpc) is 3.03. The predicted octanol–water partition coefficient (Wildman–Crippen LogP) is 2.82. The van der Waals surface area contributed by atoms with Crippen LogP contribution in [0.25, 0.3) is 0 Å². The molecule has 2 aromatic rings. The van der Waals surface area contributed by atoms with E-state index >= 15 is 0 Å². The van der Waals surface area contributed by atoms with Crippen LogP contribution in [0.4, 0.5) is 10.6 Å². The number of nitrogens with one attached hydrogen (secondary N) is 1. The second-order valence-corrected chi connectivity index (χ2v) is 7.01. The molecule has 0 spiro atoms. The van der Waals surface area contributed by atoms with Crippen molar-refractivity contribution in [3.8, 4) is 0 Å². The smallest absolute Gasteiger partial charge is 0.415 e. The van der Waals surface area contributed by atoms with Gasteiger partial charge in [-0.1, -0.05) is 30.3 Å². The van der Waals surface area contributed by atoms with Crippen LogP contribution in [0, 0.1) is 6.92 Å². The number of aryl methyl sites for hydroxylation is 1. The van der Waals surface area contributed by atoms with Gasteiger partial charge in [0.25, 0.3) is 0 Å². The first-order valence-electron chi connectivity index (χ1n) is 9.27. The van der Waals surface area contributed by atoms with E-state index in [1.807, 2.05) is 31.2 Å². The number of amides is 1. The van der Waals surface area contributed by atoms with E-state index in [0.717, 1.165) is 38.0 Å². The predicted molar refractivity (Wildman–Crippen MR) is 99.4 cm³/mol. The molecule has 1 atom stereocenters. The first-order valence-corrected chi connectivity index (χ1v) is 9.27. The monoisotopic (exact) mass is 352 g/mol. The topological polar surface area (TPSA) is 67.4 Å². The van der Waals surface area contributed by atoms with Crippen LogP contribution in [0.1, 0.15) is 35.8 Å². The number of carbonyl (C=O) groups excluding carboxylic acids is 1. The van der Waals surface area contributed by atoms with E-state index < -0.39 is 0 Å². The number of cyclic esters (lactones) is 1. The van der Waals surface area contributed by atoms with Crippen molar-refractivity contribution in [1.82, 2.24) is 15.3 Å². The summed E-state index contributed by atoms with van der Waals surface area (Å²) in [6, 6.07) is 12.1. The van der Waals surface area contributed by atoms with Crippen LogP contribution in [0.3, 0.4) is 0 Å². The Morgan fingerprint density at radius 3 is 2.73 bits per heavy atom. The summed E-state index contributed by atoms with van der Waals surface area (Å²) in [5.41, 5.74) is 2.22. The van der Waals surface area contributed by atoms with Crippen LogP contribution in [0.5, 0.6) is 0 Å². The molecule has 2 fully saturated rings. The van der Waals surface area contributed by atoms with Gasteiger partial charge in [-0.3, -0.25) is 4.90 Å². The molecular formula is C20H24N4O2. The van der Waals surface area contributed by atoms with Crippen molar-refractivity contribution in [2.45, 2.75) is 38.1 Å². The lowest BCUT2D eigenvalue weighted by molar-refractivity contribution is 0.178. The molecule has 0 radical (unpaired) electrons. The molecule has 1 aromatic carbocycles. The minimum atomic E-state index is -0.319. The second-order valence-electron chi connectivity index (χ2n) is 7.01. The first kappa shape index (κ1) is 17.0. The minimum absolute atomic E-state index is 0.0416. The highest BCUT2D eigenvalue weighted by Crippen LogP contribution is 2.29. The number of hydrogen-bond acceptors (Lipinski definition) is 5. The van der Waals surface area contributed by atoms with Crippen LogP contribution >= 0.6 is 0 Å². The van der Waals surface area contributed by atoms with Gasteiger partial charge in [0.1, 0.15) is 18.2 Å². The Balaban J connectivity index is 1.61. The standard InChI is InChI=1S/C20H24N4O2/c1-14-22-18(16-7-9-21-10-8-16)12-19(23-14)24-17(13-26-20(24)25)11-15-5-3-2-4-6-15/h2-6,12,16-17,21H,7-11,13H2,1H3/t17-/m0/s1. The summed E-state index contributed by atoms with van der Waals surface area (Å²) in [6.45, 7) is 4.29. The molecule has 1 amide bonds. The zero-order chi connectivity index (χ0) is 17.9. The Morgan fingerprint density at radius 1 is 1.19 bits per heavy atom. The highest BCUT2D eigenvalue weighted by Gasteiger charge is 2.36. The van der Waals surface area contributed by atoms with Crippen molar-refractivity contribution in [3.05, 3.63) is 53.5 Å². The van der Waals surface area contributed by atoms with Gasteiger partial charge in [-0.05, 0) is 44.8 Å². The zero-order valence-electron chi connectivity index (χ0n) is 15.0. The van der Waals surface area contributed by atoms with E-state index in [0.29, 0.717) is 24.2 Å². The molecule has 6 heteroatoms. The molecule has 3 heterocycles. The Labute approximate surface area is 153 Å². The summed E-state index contributed by atoms with van der Waals surface area (Å²) in [5.74, 6) is 1.78. The lowest BCUT2D eigenvalue weighted by Crippen LogP contribution is -2.36. The third-order valence-electron chi connectivity index (χ3n) is 5.12. The molecule has 0 bridgehead atoms. The largest absolute Gasteiger partial charge is 0.447 e. The third kappa shape index (κ3) is 3.55. The number of anilines is 1. The van der Waals surface area contributed by atoms with Gasteiger partial charge in [0.05, 0.1) is 6.04 Å². The van der Waals surface area contributed by atoms with Crippen LogP contribution in [0.2, 0.25) is 0 Å². The van der Waals surface area contributed by atoms with E-state index in [1.54, 1.807) is 4.90 Å². The van der Waals surface area contributed by atoms with E-state index in [1.165, 1.54) is 5.56 Å². The maximum absolute atomic E-state index is 12.4. The molecule has 0 aliphatic carbocycles. The third-order valence-corrected chi connectivity index (χ3v) is 5.12. The van der Waals surface area contributed by atoms with Gasteiger partial charge in [0, 0.05) is 17.7 Å². The summed E-state index contributed by atoms with van der Waals surface area (Å²) in [6.07, 6.45) is 2.56. The minimum Gasteiger partial charge on any atom is -0.447 e. The number of piperidine rings is 1. The van der Waals surface area contributed by atoms with Gasteiger partial charge >= 0.3 is 6.09 Å². The number of nitrogens with zero attached hydrogens (tertiary/aromatic N) is 3. The van der Waals surface area contributed by atoms with Gasteiger partial charge in [-0.2, -0.15) is 0 Å². The zero-order valence-corrected chi connectivity index (χ0v) is 15.0. The lowest BCUT2D eigenvalue weighted by atomic mass is 9.94. The van der Waals surface area contributed by atoms with E-state index in [-0.39, 0.29) is 12.1 Å². The maximum Gasteiger partial charge on any atom is 0.415 e. The Bertz CT molecular complexity index is 775. The molecule has 26 heavy (non-hydrogen) atoms. The highest BCUT2D eigenvalue weighted by molar-refractivity contribution is 5.89. The van der Waals surface area contributed by atoms with E-state index in [9.17, 15) is 4.79 Å². The summed E-state index contributed by atoms with van der Waals surface area (Å²) in [7, 11) is 0. The van der Waals surface area contributed by atoms with Crippen molar-refractivity contribution in [3.63, 3.8) is 0 Å². The van der Waals surface area contributed by atoms with Crippen LogP contribution in [0.15, 0.2) is 36.4 Å². The van der Waals surface area contributed by atoms with Gasteiger partial charge in [-0.15, -0.1) is 0 Å². The van der Waals surface area contributed by atoms with Gasteiger partial charge < -0.3 is 10.1 Å². The molecule has 0 unspecified atom stereocenters. The first-order chi connectivity index (χ1) is 12.7. The van der Waals surface area contributed by atoms with Crippen LogP contribution < -0.4 is 10.2 Å². The number of carbonyl (C=O) groups is 1. The molecule has 2 saturated heterocycles. The Kier molecular flexibility index (Phi) is 4.84. The fraction of sp³-hybridized carbons (Fsp3) is 0.450. The van der Waals surface area contributed by atoms with Crippen molar-refractivity contribution in [1.29, 1.82) is 0 Å². The molecule has 6 nitrogen and oxygen atoms in total. The molecule has 4 rings (SSSR count). The molecule has 0 saturated carbocycles. The normalized spacial score (nSPS) is 21.0. The Morgan fingerprint density at radius 2 is 1.96 bits per heavy atom. The van der Waals surface area contributed by atoms with Gasteiger partial charge in [0.2, 0.25) is 0 Å². The Hall–Kier alpha value is -2.47. The van der Waals surface area contributed by atoms with Gasteiger partial charge in [0.15, 0.2) is 0 Å². The van der Waals surface area contributed by atoms with Crippen molar-refractivity contribution in [2.24, 2.45) is 0 Å². The number of ether oxygens (including phenoxy) is 1. The van der Waals surface area contributed by atoms with Crippen LogP contribution in [-0.2, 0) is 11.2 Å². The van der Waals surface area contributed by atoms with Crippen molar-refractivity contribution < 1.29 is 9.53 Å². The maximum atomic E-state index is 12.4. The van der Waals surface area contributed by atoms with E-state index in [2.05, 4.69) is 27.4 Å². The number of rotatable bonds is 4. The van der Waals surface area contributed by atoms with E-state index in [4.69, 9.17) is 4.74 Å². The summed E-state index contributed by atoms with van der Waals surface area (Å²) in [5, 5.41) is 3.38. The summed E-state index contributed by atoms with van der Waals surface area (Å²) >= 11 is 0. The van der Waals surface area contributed by atoms with Crippen LogP contribution in [-0.4, -0.2) is 41.8 Å². The van der Waals surface area contributed by atoms with Crippen molar-refractivity contribution >= 4 is 11.9 Å². The number of aromatic nitrogens is 2. The summed E-state index contributed by atoms with van der Waals surface area (Å²) < 4.78 is 5.35. The van der Waals surface area contributed by atoms with Crippen molar-refractivity contribution in [2.75, 3.05) is 24.6 Å². The fourth-order valence-electron chi connectivity index (χ4n) is 3.80. The average molecular weight is 352 g/mol. The molecular weight excluding hydrogens is 328 g/mol. The number of hydrogen-bond donors (Lipinski definition) is 1.